The van der Waals surface area contributed by atoms with E-state index in [-0.39, 0.29) is 18.4 Å². The Hall–Kier alpha value is -2.08. The Labute approximate surface area is 148 Å². The van der Waals surface area contributed by atoms with E-state index in [1.54, 1.807) is 0 Å². The van der Waals surface area contributed by atoms with Gasteiger partial charge in [0.05, 0.1) is 6.54 Å². The lowest BCUT2D eigenvalue weighted by Gasteiger charge is -2.28. The molecule has 0 spiro atoms. The summed E-state index contributed by atoms with van der Waals surface area (Å²) in [5, 5.41) is 12.6. The number of anilines is 1. The summed E-state index contributed by atoms with van der Waals surface area (Å²) in [5.74, 6) is -0.512. The van der Waals surface area contributed by atoms with Gasteiger partial charge in [-0.2, -0.15) is 0 Å². The number of hydrogen-bond donors (Lipinski definition) is 2. The molecule has 0 radical (unpaired) electrons. The average molecular weight is 345 g/mol. The summed E-state index contributed by atoms with van der Waals surface area (Å²) >= 11 is 0. The van der Waals surface area contributed by atoms with Crippen molar-refractivity contribution in [2.24, 2.45) is 0 Å². The molecule has 0 aromatic heterocycles. The molecule has 1 aromatic carbocycles. The molecule has 6 heteroatoms. The van der Waals surface area contributed by atoms with Crippen LogP contribution in [-0.4, -0.2) is 54.6 Å². The van der Waals surface area contributed by atoms with Crippen molar-refractivity contribution >= 4 is 17.5 Å². The number of aryl methyl sites for hydroxylation is 1. The molecule has 2 amide bonds. The zero-order chi connectivity index (χ0) is 17.8. The third-order valence-corrected chi connectivity index (χ3v) is 5.07. The molecule has 136 valence electrons. The molecule has 25 heavy (non-hydrogen) atoms. The van der Waals surface area contributed by atoms with Crippen molar-refractivity contribution in [1.82, 2.24) is 10.2 Å². The van der Waals surface area contributed by atoms with Crippen LogP contribution in [-0.2, 0) is 22.6 Å². The molecule has 2 aliphatic heterocycles. The Balaban J connectivity index is 1.54. The zero-order valence-electron chi connectivity index (χ0n) is 14.8. The Kier molecular flexibility index (Phi) is 5.58. The molecule has 6 nitrogen and oxygen atoms in total. The second-order valence-electron chi connectivity index (χ2n) is 7.04. The molecule has 1 atom stereocenters. The second-order valence-corrected chi connectivity index (χ2v) is 7.04. The molecular weight excluding hydrogens is 318 g/mol. The van der Waals surface area contributed by atoms with Gasteiger partial charge in [-0.1, -0.05) is 12.1 Å². The van der Waals surface area contributed by atoms with Gasteiger partial charge in [0.15, 0.2) is 0 Å². The lowest BCUT2D eigenvalue weighted by Crippen LogP contribution is -2.44. The number of fused-ring (bicyclic) bond motifs is 1. The van der Waals surface area contributed by atoms with E-state index in [0.717, 1.165) is 37.8 Å². The number of nitrogens with zero attached hydrogens (tertiary/aromatic N) is 2. The molecular formula is C19H27N3O3. The van der Waals surface area contributed by atoms with E-state index in [0.29, 0.717) is 19.5 Å². The highest BCUT2D eigenvalue weighted by atomic mass is 16.3. The number of benzene rings is 1. The highest BCUT2D eigenvalue weighted by Gasteiger charge is 2.26. The zero-order valence-corrected chi connectivity index (χ0v) is 14.8. The molecule has 3 rings (SSSR count). The minimum Gasteiger partial charge on any atom is -0.383 e. The van der Waals surface area contributed by atoms with E-state index < -0.39 is 6.10 Å². The van der Waals surface area contributed by atoms with Crippen molar-refractivity contribution < 1.29 is 14.7 Å². The fourth-order valence-electron chi connectivity index (χ4n) is 3.62. The molecule has 1 saturated heterocycles. The van der Waals surface area contributed by atoms with Crippen LogP contribution in [0.3, 0.4) is 0 Å². The summed E-state index contributed by atoms with van der Waals surface area (Å²) in [5.41, 5.74) is 3.67. The molecule has 0 saturated carbocycles. The maximum Gasteiger partial charge on any atom is 0.251 e. The molecule has 2 N–H and O–H groups in total. The summed E-state index contributed by atoms with van der Waals surface area (Å²) in [4.78, 5) is 28.0. The maximum absolute atomic E-state index is 12.2. The summed E-state index contributed by atoms with van der Waals surface area (Å²) in [6, 6.07) is 6.32. The second kappa shape index (κ2) is 7.87. The van der Waals surface area contributed by atoms with Crippen LogP contribution in [0.15, 0.2) is 18.2 Å². The van der Waals surface area contributed by atoms with Crippen molar-refractivity contribution in [3.63, 3.8) is 0 Å². The maximum atomic E-state index is 12.2. The van der Waals surface area contributed by atoms with E-state index in [4.69, 9.17) is 0 Å². The number of amides is 2. The molecule has 1 unspecified atom stereocenters. The minimum atomic E-state index is -0.965. The van der Waals surface area contributed by atoms with Crippen molar-refractivity contribution in [3.8, 4) is 0 Å². The van der Waals surface area contributed by atoms with Gasteiger partial charge in [-0.25, -0.2) is 0 Å². The first kappa shape index (κ1) is 17.7. The van der Waals surface area contributed by atoms with Gasteiger partial charge in [-0.05, 0) is 49.3 Å². The number of aliphatic hydroxyl groups is 1. The lowest BCUT2D eigenvalue weighted by atomic mass is 9.99. The standard InChI is InChI=1S/C19H27N3O3/c1-21-9-4-5-15-11-14(7-8-16(15)21)12-20-18(24)13-22-10-3-2-6-17(23)19(22)25/h7-8,11,17,23H,2-6,9-10,12-13H2,1H3,(H,20,24). The first-order valence-electron chi connectivity index (χ1n) is 9.11. The molecule has 1 fully saturated rings. The molecule has 1 aromatic rings. The number of carbonyl (C=O) groups excluding carboxylic acids is 2. The average Bonchev–Trinajstić information content (AvgIpc) is 2.76. The predicted molar refractivity (Wildman–Crippen MR) is 96.3 cm³/mol. The number of aliphatic hydroxyl groups excluding tert-OH is 1. The summed E-state index contributed by atoms with van der Waals surface area (Å²) in [7, 11) is 2.10. The fourth-order valence-corrected chi connectivity index (χ4v) is 3.62. The Morgan fingerprint density at radius 2 is 2.12 bits per heavy atom. The van der Waals surface area contributed by atoms with Crippen molar-refractivity contribution in [3.05, 3.63) is 29.3 Å². The monoisotopic (exact) mass is 345 g/mol. The number of carbonyl (C=O) groups is 2. The third kappa shape index (κ3) is 4.31. The number of hydrogen-bond acceptors (Lipinski definition) is 4. The van der Waals surface area contributed by atoms with E-state index in [2.05, 4.69) is 29.4 Å². The van der Waals surface area contributed by atoms with Gasteiger partial charge >= 0.3 is 0 Å². The Bertz CT molecular complexity index is 647. The van der Waals surface area contributed by atoms with Gasteiger partial charge in [-0.3, -0.25) is 9.59 Å². The van der Waals surface area contributed by atoms with Gasteiger partial charge in [0.1, 0.15) is 6.10 Å². The normalized spacial score (nSPS) is 20.9. The summed E-state index contributed by atoms with van der Waals surface area (Å²) in [6.45, 7) is 2.09. The van der Waals surface area contributed by atoms with Gasteiger partial charge < -0.3 is 20.2 Å². The molecule has 0 aliphatic carbocycles. The van der Waals surface area contributed by atoms with E-state index in [1.165, 1.54) is 16.2 Å². The van der Waals surface area contributed by atoms with Crippen molar-refractivity contribution in [1.29, 1.82) is 0 Å². The van der Waals surface area contributed by atoms with Crippen LogP contribution in [0.4, 0.5) is 5.69 Å². The third-order valence-electron chi connectivity index (χ3n) is 5.07. The summed E-state index contributed by atoms with van der Waals surface area (Å²) < 4.78 is 0. The van der Waals surface area contributed by atoms with Gasteiger partial charge in [0.2, 0.25) is 5.91 Å². The van der Waals surface area contributed by atoms with E-state index >= 15 is 0 Å². The number of likely N-dealkylation sites (tertiary alicyclic amines) is 1. The molecule has 2 aliphatic rings. The van der Waals surface area contributed by atoms with Crippen LogP contribution >= 0.6 is 0 Å². The van der Waals surface area contributed by atoms with Crippen LogP contribution in [0.1, 0.15) is 36.8 Å². The van der Waals surface area contributed by atoms with Crippen LogP contribution in [0.2, 0.25) is 0 Å². The van der Waals surface area contributed by atoms with E-state index in [9.17, 15) is 14.7 Å². The van der Waals surface area contributed by atoms with Crippen molar-refractivity contribution in [2.75, 3.05) is 31.6 Å². The predicted octanol–water partition coefficient (Wildman–Crippen LogP) is 1.06. The highest BCUT2D eigenvalue weighted by Crippen LogP contribution is 2.26. The van der Waals surface area contributed by atoms with Crippen LogP contribution in [0.5, 0.6) is 0 Å². The minimum absolute atomic E-state index is 0.0174. The molecule has 2 heterocycles. The Morgan fingerprint density at radius 3 is 2.96 bits per heavy atom. The SMILES string of the molecule is CN1CCCc2cc(CNC(=O)CN3CCCCC(O)C3=O)ccc21. The Morgan fingerprint density at radius 1 is 1.28 bits per heavy atom. The highest BCUT2D eigenvalue weighted by molar-refractivity contribution is 5.87. The van der Waals surface area contributed by atoms with E-state index in [1.807, 2.05) is 6.07 Å². The quantitative estimate of drug-likeness (QED) is 0.856. The largest absolute Gasteiger partial charge is 0.383 e. The van der Waals surface area contributed by atoms with Gasteiger partial charge in [-0.15, -0.1) is 0 Å². The number of nitrogens with one attached hydrogen (secondary N) is 1. The fraction of sp³-hybridized carbons (Fsp3) is 0.579. The smallest absolute Gasteiger partial charge is 0.251 e. The topological polar surface area (TPSA) is 72.9 Å². The van der Waals surface area contributed by atoms with Crippen LogP contribution in [0.25, 0.3) is 0 Å². The van der Waals surface area contributed by atoms with Crippen LogP contribution in [0, 0.1) is 0 Å². The lowest BCUT2D eigenvalue weighted by molar-refractivity contribution is -0.142. The first-order valence-corrected chi connectivity index (χ1v) is 9.11. The summed E-state index contributed by atoms with van der Waals surface area (Å²) in [6.07, 6.45) is 3.39. The molecule has 0 bridgehead atoms. The van der Waals surface area contributed by atoms with Crippen molar-refractivity contribution in [2.45, 2.75) is 44.8 Å². The first-order chi connectivity index (χ1) is 12.0. The van der Waals surface area contributed by atoms with Gasteiger partial charge in [0.25, 0.3) is 5.91 Å². The van der Waals surface area contributed by atoms with Gasteiger partial charge in [0, 0.05) is 32.4 Å². The van der Waals surface area contributed by atoms with Crippen LogP contribution < -0.4 is 10.2 Å². The number of rotatable bonds is 4.